The second-order valence-corrected chi connectivity index (χ2v) is 15.6. The molecule has 1 saturated heterocycles. The van der Waals surface area contributed by atoms with E-state index in [0.717, 1.165) is 70.6 Å². The molecule has 6 atom stereocenters. The standard InChI is InChI=1S/C38H62N6O7/c1-6-9-20-27(32(45)34(47)40-21-7-2)41-33(46)31-29-26(38(29,4)5)22-44(31)35(48)30(25-18-14-11-15-19-25)43-36(49)42-28(23-51-37(50)39-8-3)24-16-12-10-13-17-24/h7,24-31H,2,6,8-23H2,1,3-5H3,(H,39,50)(H,40,47)(H,41,46)(H2,42,43,49)/t26-,27?,28?,29?,30?,31?/m0/s1. The van der Waals surface area contributed by atoms with Crippen molar-refractivity contribution in [3.8, 4) is 0 Å². The van der Waals surface area contributed by atoms with E-state index < -0.39 is 53.9 Å². The Kier molecular flexibility index (Phi) is 14.7. The maximum atomic E-state index is 14.7. The monoisotopic (exact) mass is 714 g/mol. The lowest BCUT2D eigenvalue weighted by molar-refractivity contribution is -0.144. The molecule has 0 aromatic carbocycles. The van der Waals surface area contributed by atoms with Gasteiger partial charge in [-0.15, -0.1) is 6.58 Å². The summed E-state index contributed by atoms with van der Waals surface area (Å²) in [4.78, 5) is 82.1. The Labute approximate surface area is 303 Å². The molecule has 0 bridgehead atoms. The third-order valence-corrected chi connectivity index (χ3v) is 11.8. The summed E-state index contributed by atoms with van der Waals surface area (Å²) in [6.07, 6.45) is 12.2. The SMILES string of the molecule is C=CCNC(=O)C(=O)C(CCCC)NC(=O)C1C2[C@H](CN1C(=O)C(NC(=O)NC(COC(=O)NCC)C1CCCCC1)C1CCCCC1)C2(C)C. The number of rotatable bonds is 17. The van der Waals surface area contributed by atoms with Crippen molar-refractivity contribution >= 4 is 35.6 Å². The van der Waals surface area contributed by atoms with Gasteiger partial charge in [-0.05, 0) is 68.1 Å². The van der Waals surface area contributed by atoms with Gasteiger partial charge < -0.3 is 36.2 Å². The Hall–Kier alpha value is -3.64. The number of nitrogens with zero attached hydrogens (tertiary/aromatic N) is 1. The summed E-state index contributed by atoms with van der Waals surface area (Å²) in [5.41, 5.74) is -0.175. The highest BCUT2D eigenvalue weighted by Crippen LogP contribution is 2.65. The Morgan fingerprint density at radius 2 is 1.53 bits per heavy atom. The van der Waals surface area contributed by atoms with Crippen LogP contribution in [0.3, 0.4) is 0 Å². The van der Waals surface area contributed by atoms with Crippen molar-refractivity contribution in [3.63, 3.8) is 0 Å². The Morgan fingerprint density at radius 3 is 2.14 bits per heavy atom. The zero-order valence-corrected chi connectivity index (χ0v) is 31.2. The fraction of sp³-hybridized carbons (Fsp3) is 0.789. The van der Waals surface area contributed by atoms with Gasteiger partial charge in [0.05, 0.1) is 12.1 Å². The summed E-state index contributed by atoms with van der Waals surface area (Å²) in [5, 5.41) is 14.1. The molecule has 286 valence electrons. The van der Waals surface area contributed by atoms with Crippen LogP contribution in [0.2, 0.25) is 0 Å². The first-order valence-electron chi connectivity index (χ1n) is 19.5. The summed E-state index contributed by atoms with van der Waals surface area (Å²) in [7, 11) is 0. The van der Waals surface area contributed by atoms with Gasteiger partial charge in [0.2, 0.25) is 17.6 Å². The number of urea groups is 1. The Morgan fingerprint density at radius 1 is 0.882 bits per heavy atom. The summed E-state index contributed by atoms with van der Waals surface area (Å²) < 4.78 is 5.47. The molecular formula is C38H62N6O7. The number of nitrogens with one attached hydrogen (secondary N) is 5. The molecule has 13 heteroatoms. The predicted molar refractivity (Wildman–Crippen MR) is 193 cm³/mol. The molecule has 0 radical (unpaired) electrons. The molecule has 6 amide bonds. The Balaban J connectivity index is 1.53. The molecule has 0 spiro atoms. The minimum absolute atomic E-state index is 0.0301. The smallest absolute Gasteiger partial charge is 0.407 e. The van der Waals surface area contributed by atoms with E-state index in [1.54, 1.807) is 11.8 Å². The average molecular weight is 715 g/mol. The highest BCUT2D eigenvalue weighted by Gasteiger charge is 2.69. The fourth-order valence-electron chi connectivity index (χ4n) is 8.73. The molecular weight excluding hydrogens is 652 g/mol. The third kappa shape index (κ3) is 10.2. The number of Topliss-reactive ketones (excluding diaryl/α,β-unsaturated/α-hetero) is 1. The van der Waals surface area contributed by atoms with E-state index in [0.29, 0.717) is 25.9 Å². The van der Waals surface area contributed by atoms with Crippen molar-refractivity contribution in [1.29, 1.82) is 0 Å². The number of ketones is 1. The van der Waals surface area contributed by atoms with Crippen LogP contribution >= 0.6 is 0 Å². The average Bonchev–Trinajstić information content (AvgIpc) is 3.43. The van der Waals surface area contributed by atoms with E-state index in [4.69, 9.17) is 4.74 Å². The number of hydrogen-bond acceptors (Lipinski definition) is 7. The van der Waals surface area contributed by atoms with Gasteiger partial charge in [0.25, 0.3) is 5.91 Å². The van der Waals surface area contributed by atoms with Crippen LogP contribution in [0.25, 0.3) is 0 Å². The van der Waals surface area contributed by atoms with Crippen molar-refractivity contribution < 1.29 is 33.5 Å². The second kappa shape index (κ2) is 18.7. The van der Waals surface area contributed by atoms with Crippen LogP contribution < -0.4 is 26.6 Å². The van der Waals surface area contributed by atoms with E-state index in [1.165, 1.54) is 6.08 Å². The predicted octanol–water partition coefficient (Wildman–Crippen LogP) is 3.96. The zero-order valence-electron chi connectivity index (χ0n) is 31.2. The topological polar surface area (TPSA) is 175 Å². The highest BCUT2D eigenvalue weighted by atomic mass is 16.5. The number of carbonyl (C=O) groups is 6. The lowest BCUT2D eigenvalue weighted by Gasteiger charge is -2.37. The van der Waals surface area contributed by atoms with Crippen LogP contribution in [-0.2, 0) is 23.9 Å². The third-order valence-electron chi connectivity index (χ3n) is 11.8. The van der Waals surface area contributed by atoms with E-state index in [9.17, 15) is 28.8 Å². The minimum Gasteiger partial charge on any atom is -0.447 e. The first-order chi connectivity index (χ1) is 24.4. The fourth-order valence-corrected chi connectivity index (χ4v) is 8.73. The van der Waals surface area contributed by atoms with Gasteiger partial charge in [0.15, 0.2) is 0 Å². The van der Waals surface area contributed by atoms with Crippen LogP contribution in [0, 0.1) is 29.1 Å². The van der Waals surface area contributed by atoms with Gasteiger partial charge in [-0.1, -0.05) is 78.2 Å². The molecule has 51 heavy (non-hydrogen) atoms. The molecule has 0 aromatic rings. The van der Waals surface area contributed by atoms with Crippen molar-refractivity contribution in [2.75, 3.05) is 26.2 Å². The van der Waals surface area contributed by atoms with Crippen LogP contribution in [0.15, 0.2) is 12.7 Å². The maximum Gasteiger partial charge on any atom is 0.407 e. The van der Waals surface area contributed by atoms with E-state index >= 15 is 0 Å². The summed E-state index contributed by atoms with van der Waals surface area (Å²) >= 11 is 0. The number of ether oxygens (including phenoxy) is 1. The summed E-state index contributed by atoms with van der Waals surface area (Å²) in [6.45, 7) is 12.5. The van der Waals surface area contributed by atoms with Crippen LogP contribution in [0.1, 0.15) is 111 Å². The largest absolute Gasteiger partial charge is 0.447 e. The lowest BCUT2D eigenvalue weighted by atomic mass is 9.83. The van der Waals surface area contributed by atoms with Gasteiger partial charge in [-0.25, -0.2) is 9.59 Å². The summed E-state index contributed by atoms with van der Waals surface area (Å²) in [6, 6.07) is -3.59. The van der Waals surface area contributed by atoms with Crippen LogP contribution in [0.5, 0.6) is 0 Å². The number of amides is 6. The van der Waals surface area contributed by atoms with Gasteiger partial charge in [0.1, 0.15) is 18.7 Å². The number of unbranched alkanes of at least 4 members (excludes halogenated alkanes) is 1. The first kappa shape index (κ1) is 40.1. The highest BCUT2D eigenvalue weighted by molar-refractivity contribution is 6.38. The molecule has 1 heterocycles. The van der Waals surface area contributed by atoms with Crippen LogP contribution in [-0.4, -0.2) is 90.9 Å². The van der Waals surface area contributed by atoms with Gasteiger partial charge >= 0.3 is 12.1 Å². The molecule has 3 aliphatic carbocycles. The summed E-state index contributed by atoms with van der Waals surface area (Å²) in [5.74, 6) is -2.21. The lowest BCUT2D eigenvalue weighted by Crippen LogP contribution is -2.61. The first-order valence-corrected chi connectivity index (χ1v) is 19.5. The van der Waals surface area contributed by atoms with E-state index in [1.807, 2.05) is 6.92 Å². The van der Waals surface area contributed by atoms with Crippen molar-refractivity contribution in [2.45, 2.75) is 135 Å². The molecule has 5 unspecified atom stereocenters. The molecule has 4 rings (SSSR count). The molecule has 4 fully saturated rings. The number of hydrogen-bond donors (Lipinski definition) is 5. The van der Waals surface area contributed by atoms with E-state index in [2.05, 4.69) is 47.0 Å². The molecule has 5 N–H and O–H groups in total. The number of fused-ring (bicyclic) bond motifs is 1. The minimum atomic E-state index is -1.02. The zero-order chi connectivity index (χ0) is 37.1. The van der Waals surface area contributed by atoms with Gasteiger partial charge in [-0.3, -0.25) is 19.2 Å². The normalized spacial score (nSPS) is 24.5. The second-order valence-electron chi connectivity index (χ2n) is 15.6. The van der Waals surface area contributed by atoms with Gasteiger partial charge in [0, 0.05) is 19.6 Å². The van der Waals surface area contributed by atoms with Crippen molar-refractivity contribution in [3.05, 3.63) is 12.7 Å². The number of piperidine rings is 1. The quantitative estimate of drug-likeness (QED) is 0.112. The Bertz CT molecular complexity index is 1260. The molecule has 13 nitrogen and oxygen atoms in total. The maximum absolute atomic E-state index is 14.7. The van der Waals surface area contributed by atoms with Gasteiger partial charge in [-0.2, -0.15) is 0 Å². The molecule has 1 aliphatic heterocycles. The van der Waals surface area contributed by atoms with Crippen LogP contribution in [0.4, 0.5) is 9.59 Å². The number of likely N-dealkylation sites (tertiary alicyclic amines) is 1. The van der Waals surface area contributed by atoms with Crippen molar-refractivity contribution in [1.82, 2.24) is 31.5 Å². The van der Waals surface area contributed by atoms with Crippen molar-refractivity contribution in [2.24, 2.45) is 29.1 Å². The number of alkyl carbamates (subject to hydrolysis) is 1. The number of carbonyl (C=O) groups excluding carboxylic acids is 6. The van der Waals surface area contributed by atoms with E-state index in [-0.39, 0.29) is 48.1 Å². The molecule has 3 saturated carbocycles. The molecule has 4 aliphatic rings. The molecule has 0 aromatic heterocycles.